The summed E-state index contributed by atoms with van der Waals surface area (Å²) in [6, 6.07) is 13.1. The minimum atomic E-state index is -1.64. The molecule has 0 unspecified atom stereocenters. The van der Waals surface area contributed by atoms with E-state index in [1.165, 1.54) is 6.92 Å². The van der Waals surface area contributed by atoms with Crippen LogP contribution < -0.4 is 9.80 Å². The summed E-state index contributed by atoms with van der Waals surface area (Å²) < 4.78 is 11.0. The van der Waals surface area contributed by atoms with Crippen LogP contribution in [0.15, 0.2) is 48.5 Å². The first kappa shape index (κ1) is 22.4. The molecule has 2 aromatic rings. The maximum absolute atomic E-state index is 12.1. The molecule has 0 radical (unpaired) electrons. The van der Waals surface area contributed by atoms with Gasteiger partial charge in [-0.15, -0.1) is 0 Å². The van der Waals surface area contributed by atoms with Gasteiger partial charge in [0.1, 0.15) is 35.9 Å². The number of carbonyl (C=O) groups is 1. The third kappa shape index (κ3) is 5.08. The molecule has 9 nitrogen and oxygen atoms in total. The Balaban J connectivity index is 1.73. The molecular weight excluding hydrogens is 418 g/mol. The van der Waals surface area contributed by atoms with E-state index < -0.39 is 43.2 Å². The van der Waals surface area contributed by atoms with E-state index in [2.05, 4.69) is 0 Å². The second-order valence-electron chi connectivity index (χ2n) is 6.67. The lowest BCUT2D eigenvalue weighted by Gasteiger charge is -2.40. The van der Waals surface area contributed by atoms with Crippen molar-refractivity contribution in [1.82, 2.24) is 0 Å². The molecule has 1 aliphatic rings. The van der Waals surface area contributed by atoms with Crippen molar-refractivity contribution < 1.29 is 39.5 Å². The number of carbonyl (C=O) groups excluding carboxylic acids is 1. The van der Waals surface area contributed by atoms with Crippen molar-refractivity contribution in [2.75, 3.05) is 11.7 Å². The van der Waals surface area contributed by atoms with Crippen molar-refractivity contribution in [3.63, 3.8) is 0 Å². The van der Waals surface area contributed by atoms with Gasteiger partial charge in [-0.1, -0.05) is 11.6 Å². The van der Waals surface area contributed by atoms with Gasteiger partial charge in [-0.25, -0.2) is 4.84 Å². The van der Waals surface area contributed by atoms with Gasteiger partial charge in [-0.2, -0.15) is 5.06 Å². The van der Waals surface area contributed by atoms with Crippen LogP contribution >= 0.6 is 11.6 Å². The predicted octanol–water partition coefficient (Wildman–Crippen LogP) is 1.22. The number of aliphatic hydroxyl groups excluding tert-OH is 4. The number of hydrogen-bond acceptors (Lipinski definition) is 8. The number of hydroxylamine groups is 1. The van der Waals surface area contributed by atoms with Gasteiger partial charge in [0.15, 0.2) is 0 Å². The van der Waals surface area contributed by atoms with Crippen LogP contribution in [0.2, 0.25) is 5.02 Å². The highest BCUT2D eigenvalue weighted by Gasteiger charge is 2.45. The molecule has 1 fully saturated rings. The summed E-state index contributed by atoms with van der Waals surface area (Å²) in [4.78, 5) is 17.5. The maximum Gasteiger partial charge on any atom is 0.247 e. The molecule has 0 aromatic heterocycles. The van der Waals surface area contributed by atoms with Crippen LogP contribution in [0.3, 0.4) is 0 Å². The van der Waals surface area contributed by atoms with E-state index in [-0.39, 0.29) is 0 Å². The lowest BCUT2D eigenvalue weighted by atomic mass is 9.99. The summed E-state index contributed by atoms with van der Waals surface area (Å²) >= 11 is 5.85. The summed E-state index contributed by atoms with van der Waals surface area (Å²) in [6.45, 7) is 0.629. The van der Waals surface area contributed by atoms with E-state index in [0.717, 1.165) is 5.06 Å². The Labute approximate surface area is 177 Å². The summed E-state index contributed by atoms with van der Waals surface area (Å²) in [5.74, 6) is 0.545. The van der Waals surface area contributed by atoms with Crippen molar-refractivity contribution in [2.24, 2.45) is 0 Å². The first-order chi connectivity index (χ1) is 14.3. The molecule has 4 N–H and O–H groups in total. The molecule has 10 heteroatoms. The molecule has 2 aromatic carbocycles. The van der Waals surface area contributed by atoms with Crippen LogP contribution in [0.4, 0.5) is 5.69 Å². The Kier molecular flexibility index (Phi) is 7.27. The highest BCUT2D eigenvalue weighted by Crippen LogP contribution is 2.28. The molecule has 1 heterocycles. The first-order valence-corrected chi connectivity index (χ1v) is 9.49. The lowest BCUT2D eigenvalue weighted by Crippen LogP contribution is -2.60. The fourth-order valence-corrected chi connectivity index (χ4v) is 2.99. The molecule has 3 rings (SSSR count). The van der Waals surface area contributed by atoms with Crippen LogP contribution in [-0.2, 0) is 14.4 Å². The van der Waals surface area contributed by atoms with Crippen molar-refractivity contribution >= 4 is 23.2 Å². The lowest BCUT2D eigenvalue weighted by molar-refractivity contribution is -0.302. The fourth-order valence-electron chi connectivity index (χ4n) is 2.86. The first-order valence-electron chi connectivity index (χ1n) is 9.11. The Bertz CT molecular complexity index is 845. The Morgan fingerprint density at radius 1 is 1.00 bits per heavy atom. The number of rotatable bonds is 6. The number of halogens is 1. The zero-order valence-electron chi connectivity index (χ0n) is 16.0. The molecule has 30 heavy (non-hydrogen) atoms. The summed E-state index contributed by atoms with van der Waals surface area (Å²) in [5, 5.41) is 40.6. The number of hydrogen-bond donors (Lipinski definition) is 4. The summed E-state index contributed by atoms with van der Waals surface area (Å²) in [6.07, 6.45) is -7.44. The van der Waals surface area contributed by atoms with Gasteiger partial charge in [-0.3, -0.25) is 4.79 Å². The Morgan fingerprint density at radius 2 is 1.57 bits per heavy atom. The molecule has 5 atom stereocenters. The molecule has 0 saturated carbocycles. The van der Waals surface area contributed by atoms with E-state index in [1.807, 2.05) is 0 Å². The quantitative estimate of drug-likeness (QED) is 0.494. The van der Waals surface area contributed by atoms with Crippen LogP contribution in [0.5, 0.6) is 11.5 Å². The largest absolute Gasteiger partial charge is 0.457 e. The van der Waals surface area contributed by atoms with E-state index in [1.54, 1.807) is 48.5 Å². The smallest absolute Gasteiger partial charge is 0.247 e. The fraction of sp³-hybridized carbons (Fsp3) is 0.350. The van der Waals surface area contributed by atoms with Crippen molar-refractivity contribution in [1.29, 1.82) is 0 Å². The van der Waals surface area contributed by atoms with Crippen LogP contribution in [-0.4, -0.2) is 63.6 Å². The van der Waals surface area contributed by atoms with Crippen LogP contribution in [0, 0.1) is 0 Å². The molecule has 0 aliphatic carbocycles. The van der Waals surface area contributed by atoms with Gasteiger partial charge >= 0.3 is 0 Å². The summed E-state index contributed by atoms with van der Waals surface area (Å²) in [5.41, 5.74) is 0.308. The molecular formula is C20H22ClNO8. The molecule has 1 aliphatic heterocycles. The van der Waals surface area contributed by atoms with Crippen molar-refractivity contribution in [3.05, 3.63) is 53.6 Å². The molecule has 1 amide bonds. The SMILES string of the molecule is CC(=O)N(O[C@@H]1O[C@@H](CO)[C@@H](O)[C@@H](O)[C@@H]1O)c1ccc(Oc2ccc(Cl)cc2)cc1. The van der Waals surface area contributed by atoms with Gasteiger partial charge in [0, 0.05) is 11.9 Å². The van der Waals surface area contributed by atoms with Crippen molar-refractivity contribution in [3.8, 4) is 11.5 Å². The second kappa shape index (κ2) is 9.71. The highest BCUT2D eigenvalue weighted by molar-refractivity contribution is 6.30. The zero-order chi connectivity index (χ0) is 21.8. The van der Waals surface area contributed by atoms with E-state index in [0.29, 0.717) is 22.2 Å². The number of aliphatic hydroxyl groups is 4. The van der Waals surface area contributed by atoms with Gasteiger partial charge in [0.2, 0.25) is 12.2 Å². The highest BCUT2D eigenvalue weighted by atomic mass is 35.5. The zero-order valence-corrected chi connectivity index (χ0v) is 16.7. The molecule has 0 bridgehead atoms. The molecule has 0 spiro atoms. The Morgan fingerprint density at radius 3 is 2.10 bits per heavy atom. The average Bonchev–Trinajstić information content (AvgIpc) is 2.74. The van der Waals surface area contributed by atoms with Crippen LogP contribution in [0.25, 0.3) is 0 Å². The second-order valence-corrected chi connectivity index (χ2v) is 7.10. The third-order valence-electron chi connectivity index (χ3n) is 4.46. The minimum Gasteiger partial charge on any atom is -0.457 e. The van der Waals surface area contributed by atoms with E-state index >= 15 is 0 Å². The minimum absolute atomic E-state index is 0.308. The molecule has 162 valence electrons. The van der Waals surface area contributed by atoms with E-state index in [4.69, 9.17) is 25.9 Å². The Hall–Kier alpha value is -2.24. The topological polar surface area (TPSA) is 129 Å². The number of ether oxygens (including phenoxy) is 2. The van der Waals surface area contributed by atoms with Gasteiger partial charge < -0.3 is 29.9 Å². The third-order valence-corrected chi connectivity index (χ3v) is 4.72. The van der Waals surface area contributed by atoms with Gasteiger partial charge in [0.05, 0.1) is 12.3 Å². The number of benzene rings is 2. The maximum atomic E-state index is 12.1. The van der Waals surface area contributed by atoms with Gasteiger partial charge in [-0.05, 0) is 48.5 Å². The van der Waals surface area contributed by atoms with Crippen LogP contribution in [0.1, 0.15) is 6.92 Å². The standard InChI is InChI=1S/C20H22ClNO8/c1-11(24)22(30-20-19(27)18(26)17(25)16(10-23)29-20)13-4-8-15(9-5-13)28-14-6-2-12(21)3-7-14/h2-9,16-20,23,25-27H,10H2,1H3/t16-,17+,18+,19-,20-/m0/s1. The number of amides is 1. The van der Waals surface area contributed by atoms with Crippen molar-refractivity contribution in [2.45, 2.75) is 37.6 Å². The predicted molar refractivity (Wildman–Crippen MR) is 106 cm³/mol. The average molecular weight is 440 g/mol. The number of nitrogens with zero attached hydrogens (tertiary/aromatic N) is 1. The normalized spacial score (nSPS) is 26.3. The monoisotopic (exact) mass is 439 g/mol. The van der Waals surface area contributed by atoms with Gasteiger partial charge in [0.25, 0.3) is 0 Å². The summed E-state index contributed by atoms with van der Waals surface area (Å²) in [7, 11) is 0. The molecule has 1 saturated heterocycles. The number of anilines is 1. The van der Waals surface area contributed by atoms with E-state index in [9.17, 15) is 25.2 Å².